The summed E-state index contributed by atoms with van der Waals surface area (Å²) in [6, 6.07) is 19.7. The van der Waals surface area contributed by atoms with E-state index in [2.05, 4.69) is 12.1 Å². The highest BCUT2D eigenvalue weighted by atomic mass is 16.2. The minimum absolute atomic E-state index is 0.0284. The second-order valence-electron chi connectivity index (χ2n) is 7.38. The largest absolute Gasteiger partial charge is 0.332 e. The zero-order chi connectivity index (χ0) is 19.1. The molecule has 5 nitrogen and oxygen atoms in total. The van der Waals surface area contributed by atoms with E-state index in [1.54, 1.807) is 4.90 Å². The van der Waals surface area contributed by atoms with Gasteiger partial charge in [-0.05, 0) is 47.9 Å². The van der Waals surface area contributed by atoms with Crippen LogP contribution in [0.2, 0.25) is 0 Å². The summed E-state index contributed by atoms with van der Waals surface area (Å²) < 4.78 is 1.97. The van der Waals surface area contributed by atoms with E-state index in [1.807, 2.05) is 70.4 Å². The van der Waals surface area contributed by atoms with Crippen LogP contribution in [0.25, 0.3) is 5.69 Å². The van der Waals surface area contributed by atoms with Gasteiger partial charge >= 0.3 is 0 Å². The van der Waals surface area contributed by atoms with Crippen molar-refractivity contribution in [1.29, 1.82) is 0 Å². The molecule has 1 atom stereocenters. The Morgan fingerprint density at radius 2 is 1.79 bits per heavy atom. The van der Waals surface area contributed by atoms with Gasteiger partial charge in [0.05, 0.1) is 6.04 Å². The molecule has 2 aliphatic rings. The van der Waals surface area contributed by atoms with Gasteiger partial charge in [0, 0.05) is 36.7 Å². The molecular formula is C23H21N3O2. The number of nitrogens with zero attached hydrogens (tertiary/aromatic N) is 3. The number of piperazine rings is 1. The molecule has 1 fully saturated rings. The number of benzene rings is 2. The maximum Gasteiger partial charge on any atom is 0.254 e. The smallest absolute Gasteiger partial charge is 0.254 e. The quantitative estimate of drug-likeness (QED) is 0.695. The fourth-order valence-corrected chi connectivity index (χ4v) is 4.32. The zero-order valence-electron chi connectivity index (χ0n) is 15.5. The molecule has 2 amide bonds. The van der Waals surface area contributed by atoms with Gasteiger partial charge in [0.1, 0.15) is 6.54 Å². The molecule has 2 aromatic carbocycles. The van der Waals surface area contributed by atoms with E-state index in [9.17, 15) is 9.59 Å². The van der Waals surface area contributed by atoms with Crippen LogP contribution in [-0.4, -0.2) is 45.8 Å². The molecule has 3 heterocycles. The van der Waals surface area contributed by atoms with E-state index in [4.69, 9.17) is 0 Å². The molecule has 5 rings (SSSR count). The standard InChI is InChI=1S/C23H21N3O2/c27-22-16-25(15-21-20-9-2-1-6-17(20)10-13-26(21)22)23(28)18-7-5-8-19(14-18)24-11-3-4-12-24/h1-9,11-12,14,21H,10,13,15-16H2. The highest BCUT2D eigenvalue weighted by molar-refractivity contribution is 5.97. The van der Waals surface area contributed by atoms with Crippen LogP contribution in [0.4, 0.5) is 0 Å². The molecule has 0 saturated carbocycles. The lowest BCUT2D eigenvalue weighted by atomic mass is 9.90. The van der Waals surface area contributed by atoms with Crippen LogP contribution in [0, 0.1) is 0 Å². The number of carbonyl (C=O) groups is 2. The molecule has 0 spiro atoms. The Kier molecular flexibility index (Phi) is 4.01. The maximum absolute atomic E-state index is 13.2. The van der Waals surface area contributed by atoms with Crippen molar-refractivity contribution in [1.82, 2.24) is 14.4 Å². The Labute approximate surface area is 163 Å². The van der Waals surface area contributed by atoms with Crippen molar-refractivity contribution in [3.8, 4) is 5.69 Å². The van der Waals surface area contributed by atoms with Crippen LogP contribution in [0.5, 0.6) is 0 Å². The van der Waals surface area contributed by atoms with Gasteiger partial charge in [0.15, 0.2) is 0 Å². The highest BCUT2D eigenvalue weighted by Gasteiger charge is 2.38. The van der Waals surface area contributed by atoms with Crippen molar-refractivity contribution >= 4 is 11.8 Å². The Morgan fingerprint density at radius 1 is 0.964 bits per heavy atom. The Balaban J connectivity index is 1.44. The summed E-state index contributed by atoms with van der Waals surface area (Å²) in [5.41, 5.74) is 3.99. The van der Waals surface area contributed by atoms with Crippen LogP contribution in [0.15, 0.2) is 73.1 Å². The summed E-state index contributed by atoms with van der Waals surface area (Å²) in [5, 5.41) is 0. The van der Waals surface area contributed by atoms with E-state index in [0.29, 0.717) is 12.1 Å². The SMILES string of the molecule is O=C(c1cccc(-n2cccc2)c1)N1CC(=O)N2CCc3ccccc3C2C1. The summed E-state index contributed by atoms with van der Waals surface area (Å²) in [6.45, 7) is 1.41. The molecule has 28 heavy (non-hydrogen) atoms. The third-order valence-electron chi connectivity index (χ3n) is 5.74. The predicted molar refractivity (Wildman–Crippen MR) is 106 cm³/mol. The second kappa shape index (κ2) is 6.68. The highest BCUT2D eigenvalue weighted by Crippen LogP contribution is 2.33. The first-order valence-corrected chi connectivity index (χ1v) is 9.61. The Hall–Kier alpha value is -3.34. The van der Waals surface area contributed by atoms with Crippen molar-refractivity contribution in [2.45, 2.75) is 12.5 Å². The number of amides is 2. The van der Waals surface area contributed by atoms with Crippen molar-refractivity contribution in [2.24, 2.45) is 0 Å². The molecule has 0 radical (unpaired) electrons. The van der Waals surface area contributed by atoms with Gasteiger partial charge in [0.25, 0.3) is 5.91 Å². The van der Waals surface area contributed by atoms with Gasteiger partial charge in [-0.3, -0.25) is 9.59 Å². The summed E-state index contributed by atoms with van der Waals surface area (Å²) in [7, 11) is 0. The first-order valence-electron chi connectivity index (χ1n) is 9.61. The first kappa shape index (κ1) is 16.8. The summed E-state index contributed by atoms with van der Waals surface area (Å²) in [6.07, 6.45) is 4.78. The maximum atomic E-state index is 13.2. The lowest BCUT2D eigenvalue weighted by molar-refractivity contribution is -0.139. The van der Waals surface area contributed by atoms with Crippen molar-refractivity contribution in [2.75, 3.05) is 19.6 Å². The average Bonchev–Trinajstić information content (AvgIpc) is 3.28. The van der Waals surface area contributed by atoms with Crippen molar-refractivity contribution < 1.29 is 9.59 Å². The molecular weight excluding hydrogens is 350 g/mol. The van der Waals surface area contributed by atoms with Crippen molar-refractivity contribution in [3.63, 3.8) is 0 Å². The van der Waals surface area contributed by atoms with Crippen LogP contribution < -0.4 is 0 Å². The molecule has 1 unspecified atom stereocenters. The number of hydrogen-bond donors (Lipinski definition) is 0. The van der Waals surface area contributed by atoms with Gasteiger partial charge in [-0.25, -0.2) is 0 Å². The lowest BCUT2D eigenvalue weighted by Crippen LogP contribution is -2.55. The van der Waals surface area contributed by atoms with E-state index in [-0.39, 0.29) is 24.4 Å². The number of hydrogen-bond acceptors (Lipinski definition) is 2. The number of rotatable bonds is 2. The lowest BCUT2D eigenvalue weighted by Gasteiger charge is -2.44. The van der Waals surface area contributed by atoms with Gasteiger partial charge in [-0.15, -0.1) is 0 Å². The fourth-order valence-electron chi connectivity index (χ4n) is 4.32. The zero-order valence-corrected chi connectivity index (χ0v) is 15.5. The summed E-state index contributed by atoms with van der Waals surface area (Å²) >= 11 is 0. The predicted octanol–water partition coefficient (Wildman–Crippen LogP) is 3.06. The topological polar surface area (TPSA) is 45.6 Å². The second-order valence-corrected chi connectivity index (χ2v) is 7.38. The molecule has 2 aliphatic heterocycles. The summed E-state index contributed by atoms with van der Waals surface area (Å²) in [5.74, 6) is -0.0641. The van der Waals surface area contributed by atoms with E-state index < -0.39 is 0 Å². The molecule has 0 aliphatic carbocycles. The number of fused-ring (bicyclic) bond motifs is 3. The Morgan fingerprint density at radius 3 is 2.64 bits per heavy atom. The molecule has 1 aromatic heterocycles. The van der Waals surface area contributed by atoms with Crippen LogP contribution >= 0.6 is 0 Å². The van der Waals surface area contributed by atoms with Gasteiger partial charge in [-0.2, -0.15) is 0 Å². The molecule has 5 heteroatoms. The van der Waals surface area contributed by atoms with Crippen LogP contribution in [0.1, 0.15) is 27.5 Å². The van der Waals surface area contributed by atoms with E-state index >= 15 is 0 Å². The normalized spacial score (nSPS) is 18.6. The van der Waals surface area contributed by atoms with Crippen LogP contribution in [-0.2, 0) is 11.2 Å². The molecule has 3 aromatic rings. The average molecular weight is 371 g/mol. The summed E-state index contributed by atoms with van der Waals surface area (Å²) in [4.78, 5) is 29.6. The monoisotopic (exact) mass is 371 g/mol. The van der Waals surface area contributed by atoms with Crippen LogP contribution in [0.3, 0.4) is 0 Å². The molecule has 1 saturated heterocycles. The Bertz CT molecular complexity index is 1040. The van der Waals surface area contributed by atoms with E-state index in [1.165, 1.54) is 11.1 Å². The van der Waals surface area contributed by atoms with Gasteiger partial charge in [0.2, 0.25) is 5.91 Å². The van der Waals surface area contributed by atoms with E-state index in [0.717, 1.165) is 18.7 Å². The third kappa shape index (κ3) is 2.80. The molecule has 140 valence electrons. The van der Waals surface area contributed by atoms with Gasteiger partial charge < -0.3 is 14.4 Å². The van der Waals surface area contributed by atoms with Gasteiger partial charge in [-0.1, -0.05) is 30.3 Å². The minimum Gasteiger partial charge on any atom is -0.332 e. The molecule has 0 N–H and O–H groups in total. The number of carbonyl (C=O) groups excluding carboxylic acids is 2. The minimum atomic E-state index is -0.0925. The number of aromatic nitrogens is 1. The first-order chi connectivity index (χ1) is 13.7. The molecule has 0 bridgehead atoms. The third-order valence-corrected chi connectivity index (χ3v) is 5.74. The fraction of sp³-hybridized carbons (Fsp3) is 0.217. The van der Waals surface area contributed by atoms with Crippen molar-refractivity contribution in [3.05, 3.63) is 89.7 Å².